The first-order valence-electron chi connectivity index (χ1n) is 8.96. The molecule has 2 aromatic carbocycles. The lowest BCUT2D eigenvalue weighted by molar-refractivity contribution is 0.0925. The average molecular weight is 398 g/mol. The van der Waals surface area contributed by atoms with E-state index in [1.807, 2.05) is 30.3 Å². The molecule has 1 aliphatic heterocycles. The van der Waals surface area contributed by atoms with Crippen LogP contribution in [0, 0.1) is 0 Å². The van der Waals surface area contributed by atoms with Crippen molar-refractivity contribution < 1.29 is 9.53 Å². The first-order chi connectivity index (χ1) is 13.7. The van der Waals surface area contributed by atoms with Gasteiger partial charge in [0.2, 0.25) is 0 Å². The molecular formula is C20H20ClN5O2. The Morgan fingerprint density at radius 2 is 2.04 bits per heavy atom. The minimum Gasteiger partial charge on any atom is -0.471 e. The number of halogens is 1. The Morgan fingerprint density at radius 3 is 2.86 bits per heavy atom. The molecule has 0 spiro atoms. The molecule has 0 aliphatic carbocycles. The van der Waals surface area contributed by atoms with Crippen LogP contribution in [0.3, 0.4) is 0 Å². The van der Waals surface area contributed by atoms with Gasteiger partial charge in [-0.1, -0.05) is 48.0 Å². The van der Waals surface area contributed by atoms with Gasteiger partial charge in [0, 0.05) is 23.7 Å². The molecule has 2 heterocycles. The van der Waals surface area contributed by atoms with Crippen LogP contribution in [0.2, 0.25) is 5.02 Å². The summed E-state index contributed by atoms with van der Waals surface area (Å²) in [6.07, 6.45) is 2.27. The van der Waals surface area contributed by atoms with Crippen LogP contribution in [0.5, 0.6) is 5.75 Å². The Bertz CT molecular complexity index is 947. The van der Waals surface area contributed by atoms with Gasteiger partial charge in [-0.3, -0.25) is 4.79 Å². The van der Waals surface area contributed by atoms with Crippen molar-refractivity contribution in [2.24, 2.45) is 0 Å². The minimum atomic E-state index is -0.241. The van der Waals surface area contributed by atoms with E-state index in [0.29, 0.717) is 16.5 Å². The Balaban J connectivity index is 1.30. The second-order valence-corrected chi connectivity index (χ2v) is 6.92. The standard InChI is InChI=1S/C20H20ClN5O2/c21-15-7-4-8-16(11-15)28-13-26-10-9-17(25-26)20(27)22-19-12-18(23-24-19)14-5-2-1-3-6-14/h1-11,18-19,23-24H,12-13H2,(H,22,27). The lowest BCUT2D eigenvalue weighted by Crippen LogP contribution is -2.44. The molecule has 0 radical (unpaired) electrons. The highest BCUT2D eigenvalue weighted by Gasteiger charge is 2.26. The Morgan fingerprint density at radius 1 is 1.18 bits per heavy atom. The van der Waals surface area contributed by atoms with Crippen LogP contribution in [-0.4, -0.2) is 21.9 Å². The van der Waals surface area contributed by atoms with Crippen molar-refractivity contribution in [1.29, 1.82) is 0 Å². The van der Waals surface area contributed by atoms with Gasteiger partial charge in [0.25, 0.3) is 5.91 Å². The summed E-state index contributed by atoms with van der Waals surface area (Å²) in [5.41, 5.74) is 7.83. The molecule has 0 bridgehead atoms. The van der Waals surface area contributed by atoms with Gasteiger partial charge in [0.05, 0.1) is 6.17 Å². The van der Waals surface area contributed by atoms with Crippen LogP contribution < -0.4 is 20.9 Å². The van der Waals surface area contributed by atoms with Crippen LogP contribution in [-0.2, 0) is 6.73 Å². The molecule has 28 heavy (non-hydrogen) atoms. The molecule has 4 rings (SSSR count). The first kappa shape index (κ1) is 18.5. The van der Waals surface area contributed by atoms with E-state index >= 15 is 0 Å². The topological polar surface area (TPSA) is 80.2 Å². The molecule has 1 fully saturated rings. The summed E-state index contributed by atoms with van der Waals surface area (Å²) in [6.45, 7) is 0.187. The normalized spacial score (nSPS) is 18.8. The van der Waals surface area contributed by atoms with Gasteiger partial charge in [-0.15, -0.1) is 0 Å². The molecule has 3 N–H and O–H groups in total. The van der Waals surface area contributed by atoms with Crippen LogP contribution in [0.1, 0.15) is 28.5 Å². The van der Waals surface area contributed by atoms with Crippen molar-refractivity contribution in [3.8, 4) is 5.75 Å². The summed E-state index contributed by atoms with van der Waals surface area (Å²) in [4.78, 5) is 12.5. The molecule has 8 heteroatoms. The number of rotatable bonds is 6. The number of hydrogen-bond donors (Lipinski definition) is 3. The van der Waals surface area contributed by atoms with E-state index in [1.54, 1.807) is 29.1 Å². The number of aromatic nitrogens is 2. The summed E-state index contributed by atoms with van der Waals surface area (Å²) in [6, 6.07) is 19.0. The maximum Gasteiger partial charge on any atom is 0.273 e. The van der Waals surface area contributed by atoms with E-state index in [9.17, 15) is 4.79 Å². The van der Waals surface area contributed by atoms with Crippen molar-refractivity contribution in [3.05, 3.63) is 83.1 Å². The minimum absolute atomic E-state index is 0.148. The number of carbonyl (C=O) groups is 1. The van der Waals surface area contributed by atoms with Gasteiger partial charge in [0.15, 0.2) is 6.73 Å². The van der Waals surface area contributed by atoms with Gasteiger partial charge < -0.3 is 10.1 Å². The fourth-order valence-corrected chi connectivity index (χ4v) is 3.22. The zero-order valence-electron chi connectivity index (χ0n) is 15.0. The zero-order valence-corrected chi connectivity index (χ0v) is 15.8. The van der Waals surface area contributed by atoms with Crippen molar-refractivity contribution >= 4 is 17.5 Å². The van der Waals surface area contributed by atoms with E-state index in [1.165, 1.54) is 5.56 Å². The van der Waals surface area contributed by atoms with E-state index in [2.05, 4.69) is 33.4 Å². The average Bonchev–Trinajstić information content (AvgIpc) is 3.37. The van der Waals surface area contributed by atoms with Crippen LogP contribution in [0.4, 0.5) is 0 Å². The molecule has 2 unspecified atom stereocenters. The van der Waals surface area contributed by atoms with E-state index in [-0.39, 0.29) is 24.8 Å². The highest BCUT2D eigenvalue weighted by molar-refractivity contribution is 6.30. The van der Waals surface area contributed by atoms with E-state index in [0.717, 1.165) is 6.42 Å². The summed E-state index contributed by atoms with van der Waals surface area (Å²) in [5, 5.41) is 7.81. The zero-order chi connectivity index (χ0) is 19.3. The van der Waals surface area contributed by atoms with Gasteiger partial charge in [-0.2, -0.15) is 5.10 Å². The smallest absolute Gasteiger partial charge is 0.273 e. The summed E-state index contributed by atoms with van der Waals surface area (Å²) >= 11 is 5.94. The Labute approximate surface area is 167 Å². The van der Waals surface area contributed by atoms with Crippen LogP contribution >= 0.6 is 11.6 Å². The molecule has 1 amide bonds. The second kappa shape index (κ2) is 8.43. The maximum absolute atomic E-state index is 12.5. The van der Waals surface area contributed by atoms with E-state index < -0.39 is 0 Å². The number of amides is 1. The number of hydrogen-bond acceptors (Lipinski definition) is 5. The van der Waals surface area contributed by atoms with Crippen molar-refractivity contribution in [2.45, 2.75) is 25.4 Å². The van der Waals surface area contributed by atoms with Gasteiger partial charge in [0.1, 0.15) is 11.4 Å². The van der Waals surface area contributed by atoms with Crippen LogP contribution in [0.25, 0.3) is 0 Å². The molecule has 0 saturated carbocycles. The molecular weight excluding hydrogens is 378 g/mol. The predicted octanol–water partition coefficient (Wildman–Crippen LogP) is 2.87. The van der Waals surface area contributed by atoms with Gasteiger partial charge in [-0.25, -0.2) is 15.5 Å². The molecule has 2 atom stereocenters. The number of carbonyl (C=O) groups excluding carboxylic acids is 1. The second-order valence-electron chi connectivity index (χ2n) is 6.48. The third kappa shape index (κ3) is 4.51. The number of nitrogens with one attached hydrogen (secondary N) is 3. The third-order valence-electron chi connectivity index (χ3n) is 4.44. The number of hydrazine groups is 1. The maximum atomic E-state index is 12.5. The Hall–Kier alpha value is -2.87. The summed E-state index contributed by atoms with van der Waals surface area (Å²) < 4.78 is 7.18. The number of ether oxygens (including phenoxy) is 1. The third-order valence-corrected chi connectivity index (χ3v) is 4.68. The lowest BCUT2D eigenvalue weighted by Gasteiger charge is -2.11. The molecule has 1 saturated heterocycles. The van der Waals surface area contributed by atoms with Crippen molar-refractivity contribution in [2.75, 3.05) is 0 Å². The van der Waals surface area contributed by atoms with Crippen molar-refractivity contribution in [1.82, 2.24) is 25.9 Å². The molecule has 7 nitrogen and oxygen atoms in total. The van der Waals surface area contributed by atoms with Gasteiger partial charge >= 0.3 is 0 Å². The number of nitrogens with zero attached hydrogens (tertiary/aromatic N) is 2. The molecule has 144 valence electrons. The molecule has 3 aromatic rings. The van der Waals surface area contributed by atoms with Crippen molar-refractivity contribution in [3.63, 3.8) is 0 Å². The van der Waals surface area contributed by atoms with Crippen LogP contribution in [0.15, 0.2) is 66.9 Å². The quantitative estimate of drug-likeness (QED) is 0.596. The SMILES string of the molecule is O=C(NC1CC(c2ccccc2)NN1)c1ccn(COc2cccc(Cl)c2)n1. The Kier molecular flexibility index (Phi) is 5.57. The number of benzene rings is 2. The predicted molar refractivity (Wildman–Crippen MR) is 106 cm³/mol. The molecule has 1 aliphatic rings. The fraction of sp³-hybridized carbons (Fsp3) is 0.200. The monoisotopic (exact) mass is 397 g/mol. The summed E-state index contributed by atoms with van der Waals surface area (Å²) in [7, 11) is 0. The lowest BCUT2D eigenvalue weighted by atomic mass is 10.0. The highest BCUT2D eigenvalue weighted by atomic mass is 35.5. The highest BCUT2D eigenvalue weighted by Crippen LogP contribution is 2.21. The van der Waals surface area contributed by atoms with E-state index in [4.69, 9.17) is 16.3 Å². The fourth-order valence-electron chi connectivity index (χ4n) is 3.04. The molecule has 1 aromatic heterocycles. The largest absolute Gasteiger partial charge is 0.471 e. The first-order valence-corrected chi connectivity index (χ1v) is 9.34. The summed E-state index contributed by atoms with van der Waals surface area (Å²) in [5.74, 6) is 0.400. The van der Waals surface area contributed by atoms with Gasteiger partial charge in [-0.05, 0) is 29.8 Å².